The molecule has 1 aliphatic rings. The molecule has 2 atom stereocenters. The Morgan fingerprint density at radius 1 is 1.56 bits per heavy atom. The summed E-state index contributed by atoms with van der Waals surface area (Å²) < 4.78 is 0. The average Bonchev–Trinajstić information content (AvgIpc) is 2.70. The number of nitrogens with zero attached hydrogens (tertiary/aromatic N) is 1. The summed E-state index contributed by atoms with van der Waals surface area (Å²) in [5.74, 6) is -0.0255. The first kappa shape index (κ1) is 12.9. The summed E-state index contributed by atoms with van der Waals surface area (Å²) in [6.45, 7) is 2.04. The first-order valence-corrected chi connectivity index (χ1v) is 6.04. The van der Waals surface area contributed by atoms with Gasteiger partial charge in [-0.2, -0.15) is 0 Å². The third-order valence-electron chi connectivity index (χ3n) is 3.49. The number of nitrogens with one attached hydrogen (secondary N) is 2. The molecule has 2 rings (SSSR count). The predicted octanol–water partition coefficient (Wildman–Crippen LogP) is 0.716. The number of anilines is 2. The van der Waals surface area contributed by atoms with E-state index >= 15 is 0 Å². The van der Waals surface area contributed by atoms with Crippen LogP contribution in [0.3, 0.4) is 0 Å². The predicted molar refractivity (Wildman–Crippen MR) is 71.8 cm³/mol. The Balaban J connectivity index is 2.30. The quantitative estimate of drug-likeness (QED) is 0.735. The summed E-state index contributed by atoms with van der Waals surface area (Å²) in [5, 5.41) is 15.0. The van der Waals surface area contributed by atoms with E-state index < -0.39 is 0 Å². The molecular weight excluding hydrogens is 230 g/mol. The van der Waals surface area contributed by atoms with Gasteiger partial charge in [0.1, 0.15) is 6.04 Å². The van der Waals surface area contributed by atoms with E-state index in [0.29, 0.717) is 0 Å². The van der Waals surface area contributed by atoms with E-state index in [1.807, 2.05) is 37.1 Å². The van der Waals surface area contributed by atoms with Gasteiger partial charge in [-0.05, 0) is 26.1 Å². The zero-order valence-electron chi connectivity index (χ0n) is 10.9. The minimum Gasteiger partial charge on any atom is -0.394 e. The number of hydrogen-bond acceptors (Lipinski definition) is 4. The van der Waals surface area contributed by atoms with Crippen molar-refractivity contribution in [3.8, 4) is 0 Å². The standard InChI is InChI=1S/C13H19N3O2/c1-8(7-17)16(3)9-4-5-10-11(6-9)15-13(18)12(10)14-2/h4-6,8,12,14,17H,7H2,1-3H3,(H,15,18). The van der Waals surface area contributed by atoms with Gasteiger partial charge in [-0.15, -0.1) is 0 Å². The molecule has 1 amide bonds. The second-order valence-electron chi connectivity index (χ2n) is 4.62. The number of hydrogen-bond donors (Lipinski definition) is 3. The van der Waals surface area contributed by atoms with Gasteiger partial charge in [0.2, 0.25) is 5.91 Å². The van der Waals surface area contributed by atoms with Crippen LogP contribution >= 0.6 is 0 Å². The summed E-state index contributed by atoms with van der Waals surface area (Å²) in [6.07, 6.45) is 0. The van der Waals surface area contributed by atoms with Crippen LogP contribution in [0, 0.1) is 0 Å². The molecule has 2 unspecified atom stereocenters. The minimum atomic E-state index is -0.269. The van der Waals surface area contributed by atoms with E-state index in [1.165, 1.54) is 0 Å². The Morgan fingerprint density at radius 2 is 2.28 bits per heavy atom. The van der Waals surface area contributed by atoms with Crippen LogP contribution in [0.15, 0.2) is 18.2 Å². The molecule has 0 fully saturated rings. The number of likely N-dealkylation sites (N-methyl/N-ethyl adjacent to an activating group) is 2. The van der Waals surface area contributed by atoms with Gasteiger partial charge in [0.15, 0.2) is 0 Å². The van der Waals surface area contributed by atoms with E-state index in [4.69, 9.17) is 5.11 Å². The molecule has 0 spiro atoms. The van der Waals surface area contributed by atoms with Gasteiger partial charge in [-0.3, -0.25) is 4.79 Å². The second-order valence-corrected chi connectivity index (χ2v) is 4.62. The molecule has 0 radical (unpaired) electrons. The molecule has 0 bridgehead atoms. The Kier molecular flexibility index (Phi) is 3.54. The molecule has 98 valence electrons. The summed E-state index contributed by atoms with van der Waals surface area (Å²) in [5.41, 5.74) is 2.79. The third-order valence-corrected chi connectivity index (χ3v) is 3.49. The topological polar surface area (TPSA) is 64.6 Å². The molecule has 1 aromatic rings. The monoisotopic (exact) mass is 249 g/mol. The van der Waals surface area contributed by atoms with Crippen LogP contribution in [0.1, 0.15) is 18.5 Å². The summed E-state index contributed by atoms with van der Waals surface area (Å²) in [4.78, 5) is 13.7. The number of aliphatic hydroxyl groups excluding tert-OH is 1. The zero-order chi connectivity index (χ0) is 13.3. The second kappa shape index (κ2) is 4.96. The molecular formula is C13H19N3O2. The van der Waals surface area contributed by atoms with Gasteiger partial charge < -0.3 is 20.6 Å². The van der Waals surface area contributed by atoms with E-state index in [1.54, 1.807) is 7.05 Å². The highest BCUT2D eigenvalue weighted by Crippen LogP contribution is 2.33. The van der Waals surface area contributed by atoms with Crippen LogP contribution in [0.25, 0.3) is 0 Å². The van der Waals surface area contributed by atoms with Crippen molar-refractivity contribution >= 4 is 17.3 Å². The number of amides is 1. The summed E-state index contributed by atoms with van der Waals surface area (Å²) >= 11 is 0. The number of carbonyl (C=O) groups excluding carboxylic acids is 1. The molecule has 0 saturated heterocycles. The number of carbonyl (C=O) groups is 1. The number of aliphatic hydroxyl groups is 1. The fourth-order valence-electron chi connectivity index (χ4n) is 2.13. The van der Waals surface area contributed by atoms with Crippen LogP contribution in [0.2, 0.25) is 0 Å². The van der Waals surface area contributed by atoms with Crippen molar-refractivity contribution in [2.45, 2.75) is 19.0 Å². The Bertz CT molecular complexity index is 462. The summed E-state index contributed by atoms with van der Waals surface area (Å²) in [6, 6.07) is 5.63. The van der Waals surface area contributed by atoms with Crippen LogP contribution in [0.4, 0.5) is 11.4 Å². The maximum absolute atomic E-state index is 11.7. The number of rotatable bonds is 4. The largest absolute Gasteiger partial charge is 0.394 e. The van der Waals surface area contributed by atoms with Crippen LogP contribution in [-0.2, 0) is 4.79 Å². The molecule has 3 N–H and O–H groups in total. The molecule has 0 saturated carbocycles. The molecule has 18 heavy (non-hydrogen) atoms. The molecule has 5 heteroatoms. The van der Waals surface area contributed by atoms with Crippen molar-refractivity contribution in [2.75, 3.05) is 30.9 Å². The van der Waals surface area contributed by atoms with Crippen molar-refractivity contribution in [3.63, 3.8) is 0 Å². The number of fused-ring (bicyclic) bond motifs is 1. The Morgan fingerprint density at radius 3 is 2.89 bits per heavy atom. The highest BCUT2D eigenvalue weighted by atomic mass is 16.3. The van der Waals surface area contributed by atoms with E-state index in [9.17, 15) is 4.79 Å². The molecule has 5 nitrogen and oxygen atoms in total. The van der Waals surface area contributed by atoms with E-state index in [0.717, 1.165) is 16.9 Å². The SMILES string of the molecule is CNC1C(=O)Nc2cc(N(C)C(C)CO)ccc21. The van der Waals surface area contributed by atoms with Crippen molar-refractivity contribution in [1.29, 1.82) is 0 Å². The van der Waals surface area contributed by atoms with Crippen molar-refractivity contribution < 1.29 is 9.90 Å². The van der Waals surface area contributed by atoms with Gasteiger partial charge in [0.05, 0.1) is 6.61 Å². The van der Waals surface area contributed by atoms with E-state index in [-0.39, 0.29) is 24.6 Å². The lowest BCUT2D eigenvalue weighted by Crippen LogP contribution is -2.31. The maximum atomic E-state index is 11.7. The van der Waals surface area contributed by atoms with Gasteiger partial charge >= 0.3 is 0 Å². The van der Waals surface area contributed by atoms with Crippen molar-refractivity contribution in [1.82, 2.24) is 5.32 Å². The normalized spacial score (nSPS) is 19.3. The fraction of sp³-hybridized carbons (Fsp3) is 0.462. The van der Waals surface area contributed by atoms with Crippen LogP contribution in [-0.4, -0.2) is 37.8 Å². The van der Waals surface area contributed by atoms with Crippen LogP contribution < -0.4 is 15.5 Å². The smallest absolute Gasteiger partial charge is 0.246 e. The first-order chi connectivity index (χ1) is 8.58. The fourth-order valence-corrected chi connectivity index (χ4v) is 2.13. The molecule has 1 aliphatic heterocycles. The first-order valence-electron chi connectivity index (χ1n) is 6.04. The molecule has 0 aromatic heterocycles. The Labute approximate surface area is 107 Å². The van der Waals surface area contributed by atoms with Gasteiger partial charge in [-0.25, -0.2) is 0 Å². The zero-order valence-corrected chi connectivity index (χ0v) is 10.9. The van der Waals surface area contributed by atoms with Gasteiger partial charge in [-0.1, -0.05) is 6.07 Å². The van der Waals surface area contributed by atoms with Crippen LogP contribution in [0.5, 0.6) is 0 Å². The lowest BCUT2D eigenvalue weighted by atomic mass is 10.1. The van der Waals surface area contributed by atoms with Crippen molar-refractivity contribution in [3.05, 3.63) is 23.8 Å². The molecule has 1 aromatic carbocycles. The van der Waals surface area contributed by atoms with Crippen molar-refractivity contribution in [2.24, 2.45) is 0 Å². The highest BCUT2D eigenvalue weighted by Gasteiger charge is 2.29. The lowest BCUT2D eigenvalue weighted by Gasteiger charge is -2.25. The molecule has 0 aliphatic carbocycles. The van der Waals surface area contributed by atoms with Gasteiger partial charge in [0, 0.05) is 30.0 Å². The Hall–Kier alpha value is -1.59. The van der Waals surface area contributed by atoms with E-state index in [2.05, 4.69) is 10.6 Å². The maximum Gasteiger partial charge on any atom is 0.246 e. The molecule has 1 heterocycles. The average molecular weight is 249 g/mol. The third kappa shape index (κ3) is 2.07. The van der Waals surface area contributed by atoms with Gasteiger partial charge in [0.25, 0.3) is 0 Å². The highest BCUT2D eigenvalue weighted by molar-refractivity contribution is 6.03. The summed E-state index contributed by atoms with van der Waals surface area (Å²) in [7, 11) is 3.70. The minimum absolute atomic E-state index is 0.0255. The lowest BCUT2D eigenvalue weighted by molar-refractivity contribution is -0.117. The number of benzene rings is 1.